The number of carbonyl (C=O) groups is 1. The van der Waals surface area contributed by atoms with Crippen LogP contribution >= 0.6 is 0 Å². The van der Waals surface area contributed by atoms with Crippen LogP contribution in [0.3, 0.4) is 0 Å². The molecule has 23 heavy (non-hydrogen) atoms. The van der Waals surface area contributed by atoms with Gasteiger partial charge < -0.3 is 15.1 Å². The maximum Gasteiger partial charge on any atom is 0.337 e. The topological polar surface area (TPSA) is 71.7 Å². The molecule has 0 spiro atoms. The van der Waals surface area contributed by atoms with Crippen molar-refractivity contribution in [2.45, 2.75) is 6.42 Å². The van der Waals surface area contributed by atoms with Gasteiger partial charge in [0.15, 0.2) is 0 Å². The second-order valence-corrected chi connectivity index (χ2v) is 5.05. The minimum absolute atomic E-state index is 0.0339. The SMILES string of the molecule is O=C(Cc1ccc(-c2ccccc2)cc1)On1c(O)ccc1O. The average Bonchev–Trinajstić information content (AvgIpc) is 2.88. The van der Waals surface area contributed by atoms with Crippen LogP contribution in [-0.2, 0) is 11.2 Å². The van der Waals surface area contributed by atoms with Crippen molar-refractivity contribution in [3.05, 3.63) is 72.3 Å². The van der Waals surface area contributed by atoms with Gasteiger partial charge in [0.05, 0.1) is 6.42 Å². The molecule has 0 bridgehead atoms. The Morgan fingerprint density at radius 2 is 1.39 bits per heavy atom. The molecule has 0 aliphatic heterocycles. The minimum Gasteiger partial charge on any atom is -0.492 e. The quantitative estimate of drug-likeness (QED) is 0.777. The highest BCUT2D eigenvalue weighted by Crippen LogP contribution is 2.20. The Labute approximate surface area is 133 Å². The Balaban J connectivity index is 1.68. The molecule has 0 amide bonds. The molecule has 3 rings (SSSR count). The van der Waals surface area contributed by atoms with E-state index in [9.17, 15) is 15.0 Å². The first-order valence-corrected chi connectivity index (χ1v) is 7.09. The average molecular weight is 309 g/mol. The van der Waals surface area contributed by atoms with Gasteiger partial charge in [0.25, 0.3) is 0 Å². The number of aromatic hydroxyl groups is 2. The first-order valence-electron chi connectivity index (χ1n) is 7.09. The van der Waals surface area contributed by atoms with E-state index in [2.05, 4.69) is 0 Å². The van der Waals surface area contributed by atoms with Crippen LogP contribution in [0.15, 0.2) is 66.7 Å². The fourth-order valence-corrected chi connectivity index (χ4v) is 2.24. The van der Waals surface area contributed by atoms with Crippen LogP contribution in [0.5, 0.6) is 11.8 Å². The highest BCUT2D eigenvalue weighted by Gasteiger charge is 2.12. The van der Waals surface area contributed by atoms with Gasteiger partial charge >= 0.3 is 5.97 Å². The third kappa shape index (κ3) is 3.35. The van der Waals surface area contributed by atoms with E-state index in [0.29, 0.717) is 4.73 Å². The Morgan fingerprint density at radius 1 is 0.826 bits per heavy atom. The van der Waals surface area contributed by atoms with E-state index >= 15 is 0 Å². The molecule has 0 aliphatic carbocycles. The normalized spacial score (nSPS) is 10.4. The van der Waals surface area contributed by atoms with Crippen molar-refractivity contribution < 1.29 is 19.8 Å². The summed E-state index contributed by atoms with van der Waals surface area (Å²) in [5, 5.41) is 18.9. The molecule has 0 saturated heterocycles. The number of nitrogens with zero attached hydrogens (tertiary/aromatic N) is 1. The van der Waals surface area contributed by atoms with E-state index in [-0.39, 0.29) is 18.2 Å². The predicted molar refractivity (Wildman–Crippen MR) is 84.9 cm³/mol. The number of hydrogen-bond acceptors (Lipinski definition) is 4. The van der Waals surface area contributed by atoms with Crippen molar-refractivity contribution >= 4 is 5.97 Å². The van der Waals surface area contributed by atoms with Crippen LogP contribution in [0.2, 0.25) is 0 Å². The summed E-state index contributed by atoms with van der Waals surface area (Å²) in [6.45, 7) is 0. The lowest BCUT2D eigenvalue weighted by atomic mass is 10.0. The molecule has 0 unspecified atom stereocenters. The van der Waals surface area contributed by atoms with Gasteiger partial charge in [0.1, 0.15) is 0 Å². The van der Waals surface area contributed by atoms with Gasteiger partial charge in [-0.1, -0.05) is 54.6 Å². The first-order chi connectivity index (χ1) is 11.1. The van der Waals surface area contributed by atoms with Crippen molar-refractivity contribution in [3.8, 4) is 22.9 Å². The second-order valence-electron chi connectivity index (χ2n) is 5.05. The third-order valence-electron chi connectivity index (χ3n) is 3.40. The van der Waals surface area contributed by atoms with Crippen molar-refractivity contribution in [3.63, 3.8) is 0 Å². The van der Waals surface area contributed by atoms with Crippen LogP contribution in [0, 0.1) is 0 Å². The largest absolute Gasteiger partial charge is 0.492 e. The lowest BCUT2D eigenvalue weighted by molar-refractivity contribution is -0.144. The molecular formula is C18H15NO4. The fourth-order valence-electron chi connectivity index (χ4n) is 2.24. The molecule has 0 aliphatic rings. The van der Waals surface area contributed by atoms with E-state index in [1.807, 2.05) is 54.6 Å². The summed E-state index contributed by atoms with van der Waals surface area (Å²) < 4.78 is 0.681. The molecule has 0 fully saturated rings. The summed E-state index contributed by atoms with van der Waals surface area (Å²) in [6.07, 6.45) is 0.0339. The summed E-state index contributed by atoms with van der Waals surface area (Å²) >= 11 is 0. The molecule has 3 aromatic rings. The maximum atomic E-state index is 11.9. The summed E-state index contributed by atoms with van der Waals surface area (Å²) in [5.41, 5.74) is 2.94. The van der Waals surface area contributed by atoms with E-state index in [1.54, 1.807) is 0 Å². The van der Waals surface area contributed by atoms with E-state index in [1.165, 1.54) is 12.1 Å². The van der Waals surface area contributed by atoms with Crippen LogP contribution < -0.4 is 4.84 Å². The summed E-state index contributed by atoms with van der Waals surface area (Å²) in [5.74, 6) is -1.26. The lowest BCUT2D eigenvalue weighted by Crippen LogP contribution is -2.20. The number of carbonyl (C=O) groups excluding carboxylic acids is 1. The maximum absolute atomic E-state index is 11.9. The molecule has 0 saturated carbocycles. The van der Waals surface area contributed by atoms with Crippen molar-refractivity contribution in [2.75, 3.05) is 0 Å². The highest BCUT2D eigenvalue weighted by molar-refractivity contribution is 5.73. The molecule has 1 aromatic heterocycles. The van der Waals surface area contributed by atoms with Crippen molar-refractivity contribution in [2.24, 2.45) is 0 Å². The van der Waals surface area contributed by atoms with Gasteiger partial charge in [-0.05, 0) is 16.7 Å². The van der Waals surface area contributed by atoms with Gasteiger partial charge in [-0.25, -0.2) is 4.79 Å². The number of rotatable bonds is 4. The van der Waals surface area contributed by atoms with Gasteiger partial charge in [-0.2, -0.15) is 0 Å². The molecule has 116 valence electrons. The first kappa shape index (κ1) is 14.7. The Morgan fingerprint density at radius 3 is 2.00 bits per heavy atom. The zero-order valence-electron chi connectivity index (χ0n) is 12.2. The summed E-state index contributed by atoms with van der Waals surface area (Å²) in [6, 6.07) is 20.0. The van der Waals surface area contributed by atoms with Gasteiger partial charge in [0.2, 0.25) is 11.8 Å². The standard InChI is InChI=1S/C18H15NO4/c20-16-10-11-17(21)19(16)23-18(22)12-13-6-8-15(9-7-13)14-4-2-1-3-5-14/h1-11,20-21H,12H2. The molecule has 0 atom stereocenters. The Bertz CT molecular complexity index is 787. The number of benzene rings is 2. The van der Waals surface area contributed by atoms with Crippen molar-refractivity contribution in [1.82, 2.24) is 4.73 Å². The smallest absolute Gasteiger partial charge is 0.337 e. The molecule has 2 aromatic carbocycles. The van der Waals surface area contributed by atoms with E-state index in [4.69, 9.17) is 4.84 Å². The molecule has 5 nitrogen and oxygen atoms in total. The molecule has 1 heterocycles. The predicted octanol–water partition coefficient (Wildman–Crippen LogP) is 2.76. The van der Waals surface area contributed by atoms with Crippen LogP contribution in [-0.4, -0.2) is 20.9 Å². The zero-order chi connectivity index (χ0) is 16.2. The van der Waals surface area contributed by atoms with E-state index < -0.39 is 5.97 Å². The Hall–Kier alpha value is -3.21. The van der Waals surface area contributed by atoms with Crippen LogP contribution in [0.25, 0.3) is 11.1 Å². The molecular weight excluding hydrogens is 294 g/mol. The van der Waals surface area contributed by atoms with Crippen molar-refractivity contribution in [1.29, 1.82) is 0 Å². The highest BCUT2D eigenvalue weighted by atomic mass is 16.7. The summed E-state index contributed by atoms with van der Waals surface area (Å²) in [4.78, 5) is 16.8. The molecule has 0 radical (unpaired) electrons. The second kappa shape index (κ2) is 6.27. The lowest BCUT2D eigenvalue weighted by Gasteiger charge is -2.07. The monoisotopic (exact) mass is 309 g/mol. The van der Waals surface area contributed by atoms with Gasteiger partial charge in [-0.3, -0.25) is 0 Å². The summed E-state index contributed by atoms with van der Waals surface area (Å²) in [7, 11) is 0. The van der Waals surface area contributed by atoms with Crippen LogP contribution in [0.1, 0.15) is 5.56 Å². The van der Waals surface area contributed by atoms with Gasteiger partial charge in [0, 0.05) is 12.1 Å². The van der Waals surface area contributed by atoms with Gasteiger partial charge in [-0.15, -0.1) is 4.73 Å². The molecule has 5 heteroatoms. The van der Waals surface area contributed by atoms with Crippen LogP contribution in [0.4, 0.5) is 0 Å². The minimum atomic E-state index is -0.584. The number of aromatic nitrogens is 1. The fraction of sp³-hybridized carbons (Fsp3) is 0.0556. The Kier molecular flexibility index (Phi) is 4.01. The third-order valence-corrected chi connectivity index (χ3v) is 3.40. The van der Waals surface area contributed by atoms with E-state index in [0.717, 1.165) is 16.7 Å². The zero-order valence-corrected chi connectivity index (χ0v) is 12.2. The number of hydrogen-bond donors (Lipinski definition) is 2. The molecule has 2 N–H and O–H groups in total.